The lowest BCUT2D eigenvalue weighted by Gasteiger charge is -2.20. The smallest absolute Gasteiger partial charge is 0.194 e. The van der Waals surface area contributed by atoms with Gasteiger partial charge in [0.2, 0.25) is 0 Å². The Bertz CT molecular complexity index is 537. The summed E-state index contributed by atoms with van der Waals surface area (Å²) in [4.78, 5) is 12.1. The van der Waals surface area contributed by atoms with E-state index in [2.05, 4.69) is 15.9 Å². The van der Waals surface area contributed by atoms with Gasteiger partial charge in [0.05, 0.1) is 0 Å². The van der Waals surface area contributed by atoms with E-state index in [1.807, 2.05) is 0 Å². The van der Waals surface area contributed by atoms with Crippen molar-refractivity contribution in [2.75, 3.05) is 5.75 Å². The molecule has 6 heteroatoms. The van der Waals surface area contributed by atoms with E-state index in [0.717, 1.165) is 0 Å². The molecule has 0 heterocycles. The lowest BCUT2D eigenvalue weighted by Crippen LogP contribution is -2.38. The van der Waals surface area contributed by atoms with Gasteiger partial charge < -0.3 is 0 Å². The van der Waals surface area contributed by atoms with Crippen molar-refractivity contribution in [3.63, 3.8) is 0 Å². The van der Waals surface area contributed by atoms with E-state index in [9.17, 15) is 13.2 Å². The molecule has 0 saturated heterocycles. The van der Waals surface area contributed by atoms with E-state index in [-0.39, 0.29) is 11.3 Å². The average molecular weight is 340 g/mol. The molecule has 0 spiro atoms. The summed E-state index contributed by atoms with van der Waals surface area (Å²) in [6.07, 6.45) is 0. The molecule has 0 amide bonds. The molecule has 3 nitrogen and oxygen atoms in total. The first-order valence-electron chi connectivity index (χ1n) is 4.94. The maximum Gasteiger partial charge on any atom is 0.194 e. The van der Waals surface area contributed by atoms with Gasteiger partial charge in [-0.25, -0.2) is 8.42 Å². The topological polar surface area (TPSA) is 51.2 Å². The molecule has 0 aliphatic rings. The third-order valence-electron chi connectivity index (χ3n) is 2.46. The number of hydrogen-bond donors (Lipinski definition) is 0. The minimum Gasteiger partial charge on any atom is -0.291 e. The molecule has 0 radical (unpaired) electrons. The third-order valence-corrected chi connectivity index (χ3v) is 6.65. The minimum atomic E-state index is -3.53. The summed E-state index contributed by atoms with van der Waals surface area (Å²) < 4.78 is 22.0. The number of sulfone groups is 1. The first-order chi connectivity index (χ1) is 7.72. The Kier molecular flexibility index (Phi) is 4.38. The predicted molar refractivity (Wildman–Crippen MR) is 72.6 cm³/mol. The molecule has 0 fully saturated rings. The third kappa shape index (κ3) is 2.89. The minimum absolute atomic E-state index is 0.110. The second kappa shape index (κ2) is 5.08. The van der Waals surface area contributed by atoms with Crippen LogP contribution in [-0.4, -0.2) is 23.6 Å². The number of rotatable bonds is 4. The van der Waals surface area contributed by atoms with Crippen LogP contribution >= 0.6 is 27.5 Å². The van der Waals surface area contributed by atoms with E-state index in [1.54, 1.807) is 18.2 Å². The molecular formula is C11H12BrClO3S. The Labute approximate surface area is 114 Å². The summed E-state index contributed by atoms with van der Waals surface area (Å²) in [5.41, 5.74) is 0.272. The van der Waals surface area contributed by atoms with Gasteiger partial charge in [-0.05, 0) is 19.1 Å². The SMILES string of the molecule is CCS(=O)(=O)[C@@](C)(Br)C(=O)c1cccc(Cl)c1. The van der Waals surface area contributed by atoms with E-state index >= 15 is 0 Å². The van der Waals surface area contributed by atoms with Gasteiger partial charge in [-0.1, -0.05) is 46.6 Å². The van der Waals surface area contributed by atoms with Crippen molar-refractivity contribution in [1.29, 1.82) is 0 Å². The number of carbonyl (C=O) groups excluding carboxylic acids is 1. The monoisotopic (exact) mass is 338 g/mol. The normalized spacial score (nSPS) is 15.3. The van der Waals surface area contributed by atoms with E-state index < -0.39 is 19.3 Å². The standard InChI is InChI=1S/C11H12BrClO3S/c1-3-17(15,16)11(2,12)10(14)8-5-4-6-9(13)7-8/h4-7H,3H2,1-2H3/t11-/m1/s1. The zero-order valence-corrected chi connectivity index (χ0v) is 12.6. The highest BCUT2D eigenvalue weighted by Gasteiger charge is 2.42. The van der Waals surface area contributed by atoms with Gasteiger partial charge in [-0.3, -0.25) is 4.79 Å². The zero-order chi connectivity index (χ0) is 13.3. The molecule has 0 aliphatic carbocycles. The first-order valence-corrected chi connectivity index (χ1v) is 7.76. The summed E-state index contributed by atoms with van der Waals surface area (Å²) in [5.74, 6) is -0.622. The number of halogens is 2. The molecule has 0 aromatic heterocycles. The van der Waals surface area contributed by atoms with Crippen molar-refractivity contribution < 1.29 is 13.2 Å². The summed E-state index contributed by atoms with van der Waals surface area (Å²) in [6.45, 7) is 2.84. The lowest BCUT2D eigenvalue weighted by atomic mass is 10.1. The molecular weight excluding hydrogens is 328 g/mol. The van der Waals surface area contributed by atoms with Crippen molar-refractivity contribution in [2.24, 2.45) is 0 Å². The molecule has 1 rings (SSSR count). The van der Waals surface area contributed by atoms with Crippen LogP contribution in [0.3, 0.4) is 0 Å². The Morgan fingerprint density at radius 1 is 1.47 bits per heavy atom. The maximum atomic E-state index is 12.1. The van der Waals surface area contributed by atoms with Crippen molar-refractivity contribution in [3.8, 4) is 0 Å². The van der Waals surface area contributed by atoms with E-state index in [0.29, 0.717) is 5.02 Å². The Balaban J connectivity index is 3.23. The highest BCUT2D eigenvalue weighted by atomic mass is 79.9. The molecule has 0 unspecified atom stereocenters. The summed E-state index contributed by atoms with van der Waals surface area (Å²) in [5, 5.41) is 0.396. The molecule has 1 aromatic rings. The number of hydrogen-bond acceptors (Lipinski definition) is 3. The quantitative estimate of drug-likeness (QED) is 0.626. The Hall–Kier alpha value is -0.390. The number of Topliss-reactive ketones (excluding diaryl/α,β-unsaturated/α-hetero) is 1. The largest absolute Gasteiger partial charge is 0.291 e. The molecule has 17 heavy (non-hydrogen) atoms. The maximum absolute atomic E-state index is 12.1. The number of alkyl halides is 1. The molecule has 0 N–H and O–H groups in total. The Morgan fingerprint density at radius 3 is 2.53 bits per heavy atom. The van der Waals surface area contributed by atoms with Gasteiger partial charge in [0.15, 0.2) is 19.3 Å². The second-order valence-electron chi connectivity index (χ2n) is 3.66. The van der Waals surface area contributed by atoms with Gasteiger partial charge in [0, 0.05) is 16.3 Å². The van der Waals surface area contributed by atoms with Crippen molar-refractivity contribution >= 4 is 43.2 Å². The van der Waals surface area contributed by atoms with Crippen LogP contribution in [0.25, 0.3) is 0 Å². The fourth-order valence-electron chi connectivity index (χ4n) is 1.30. The lowest BCUT2D eigenvalue weighted by molar-refractivity contribution is 0.0983. The highest BCUT2D eigenvalue weighted by molar-refractivity contribution is 9.12. The van der Waals surface area contributed by atoms with Crippen LogP contribution in [0.5, 0.6) is 0 Å². The van der Waals surface area contributed by atoms with Crippen LogP contribution in [0.2, 0.25) is 5.02 Å². The highest BCUT2D eigenvalue weighted by Crippen LogP contribution is 2.30. The molecule has 0 saturated carbocycles. The zero-order valence-electron chi connectivity index (χ0n) is 9.41. The molecule has 1 atom stereocenters. The Morgan fingerprint density at radius 2 is 2.06 bits per heavy atom. The van der Waals surface area contributed by atoms with E-state index in [4.69, 9.17) is 11.6 Å². The van der Waals surface area contributed by atoms with Crippen LogP contribution in [-0.2, 0) is 9.84 Å². The molecule has 0 bridgehead atoms. The van der Waals surface area contributed by atoms with E-state index in [1.165, 1.54) is 19.9 Å². The van der Waals surface area contributed by atoms with Crippen LogP contribution in [0, 0.1) is 0 Å². The van der Waals surface area contributed by atoms with Crippen molar-refractivity contribution in [2.45, 2.75) is 17.5 Å². The number of ketones is 1. The van der Waals surface area contributed by atoms with Gasteiger partial charge in [0.1, 0.15) is 0 Å². The summed E-state index contributed by atoms with van der Waals surface area (Å²) in [7, 11) is -3.53. The number of carbonyl (C=O) groups is 1. The van der Waals surface area contributed by atoms with Crippen LogP contribution in [0.15, 0.2) is 24.3 Å². The second-order valence-corrected chi connectivity index (χ2v) is 8.83. The van der Waals surface area contributed by atoms with Gasteiger partial charge in [-0.15, -0.1) is 0 Å². The van der Waals surface area contributed by atoms with Crippen LogP contribution in [0.4, 0.5) is 0 Å². The summed E-state index contributed by atoms with van der Waals surface area (Å²) >= 11 is 8.78. The molecule has 1 aromatic carbocycles. The van der Waals surface area contributed by atoms with Crippen LogP contribution in [0.1, 0.15) is 24.2 Å². The average Bonchev–Trinajstić information content (AvgIpc) is 2.27. The van der Waals surface area contributed by atoms with Gasteiger partial charge in [0.25, 0.3) is 0 Å². The van der Waals surface area contributed by atoms with Crippen molar-refractivity contribution in [1.82, 2.24) is 0 Å². The van der Waals surface area contributed by atoms with Gasteiger partial charge in [-0.2, -0.15) is 0 Å². The molecule has 94 valence electrons. The fourth-order valence-corrected chi connectivity index (χ4v) is 3.35. The van der Waals surface area contributed by atoms with Crippen molar-refractivity contribution in [3.05, 3.63) is 34.9 Å². The first kappa shape index (κ1) is 14.7. The van der Waals surface area contributed by atoms with Gasteiger partial charge >= 0.3 is 0 Å². The van der Waals surface area contributed by atoms with Crippen LogP contribution < -0.4 is 0 Å². The fraction of sp³-hybridized carbons (Fsp3) is 0.364. The summed E-state index contributed by atoms with van der Waals surface area (Å²) in [6, 6.07) is 6.23. The molecule has 0 aliphatic heterocycles. The number of benzene rings is 1. The predicted octanol–water partition coefficient (Wildman–Crippen LogP) is 3.07.